The number of benzene rings is 1. The Bertz CT molecular complexity index is 520. The molecular formula is C12H12BrN3O. The molecular weight excluding hydrogens is 282 g/mol. The summed E-state index contributed by atoms with van der Waals surface area (Å²) in [7, 11) is 0. The molecule has 1 aliphatic heterocycles. The molecule has 2 heterocycles. The van der Waals surface area contributed by atoms with Gasteiger partial charge in [0.15, 0.2) is 0 Å². The Hall–Kier alpha value is -1.20. The van der Waals surface area contributed by atoms with E-state index in [0.29, 0.717) is 11.8 Å². The maximum absolute atomic E-state index is 5.70. The van der Waals surface area contributed by atoms with Crippen molar-refractivity contribution in [2.45, 2.75) is 18.9 Å². The van der Waals surface area contributed by atoms with Gasteiger partial charge in [0.25, 0.3) is 0 Å². The van der Waals surface area contributed by atoms with Gasteiger partial charge < -0.3 is 9.73 Å². The number of hydrogen-bond acceptors (Lipinski definition) is 4. The van der Waals surface area contributed by atoms with Gasteiger partial charge >= 0.3 is 0 Å². The van der Waals surface area contributed by atoms with Gasteiger partial charge in [-0.15, -0.1) is 10.2 Å². The van der Waals surface area contributed by atoms with E-state index >= 15 is 0 Å². The largest absolute Gasteiger partial charge is 0.419 e. The van der Waals surface area contributed by atoms with Crippen LogP contribution in [0.2, 0.25) is 0 Å². The minimum absolute atomic E-state index is 0.225. The summed E-state index contributed by atoms with van der Waals surface area (Å²) in [6, 6.07) is 8.09. The van der Waals surface area contributed by atoms with Crippen LogP contribution < -0.4 is 5.32 Å². The lowest BCUT2D eigenvalue weighted by molar-refractivity contribution is 0.437. The van der Waals surface area contributed by atoms with Crippen LogP contribution in [0, 0.1) is 0 Å². The summed E-state index contributed by atoms with van der Waals surface area (Å²) >= 11 is 3.43. The molecule has 1 saturated heterocycles. The first kappa shape index (κ1) is 10.9. The monoisotopic (exact) mass is 293 g/mol. The maximum Gasteiger partial charge on any atom is 0.247 e. The zero-order valence-corrected chi connectivity index (χ0v) is 10.8. The van der Waals surface area contributed by atoms with Gasteiger partial charge in [-0.2, -0.15) is 0 Å². The van der Waals surface area contributed by atoms with Gasteiger partial charge in [-0.1, -0.05) is 22.0 Å². The van der Waals surface area contributed by atoms with Crippen LogP contribution in [-0.4, -0.2) is 16.7 Å². The molecule has 0 bridgehead atoms. The zero-order chi connectivity index (χ0) is 11.7. The van der Waals surface area contributed by atoms with E-state index in [1.165, 1.54) is 6.42 Å². The molecule has 5 heteroatoms. The van der Waals surface area contributed by atoms with E-state index in [9.17, 15) is 0 Å². The summed E-state index contributed by atoms with van der Waals surface area (Å²) in [5, 5.41) is 11.5. The molecule has 1 N–H and O–H groups in total. The average molecular weight is 294 g/mol. The van der Waals surface area contributed by atoms with Crippen molar-refractivity contribution in [3.63, 3.8) is 0 Å². The molecule has 0 radical (unpaired) electrons. The third-order valence-electron chi connectivity index (χ3n) is 2.87. The van der Waals surface area contributed by atoms with Crippen LogP contribution in [0.15, 0.2) is 33.2 Å². The number of rotatable bonds is 2. The molecule has 2 aromatic rings. The van der Waals surface area contributed by atoms with Gasteiger partial charge in [0.05, 0.1) is 6.04 Å². The van der Waals surface area contributed by atoms with E-state index in [0.717, 1.165) is 23.0 Å². The van der Waals surface area contributed by atoms with E-state index in [4.69, 9.17) is 4.42 Å². The fourth-order valence-corrected chi connectivity index (χ4v) is 2.41. The van der Waals surface area contributed by atoms with Crippen molar-refractivity contribution in [3.05, 3.63) is 34.6 Å². The topological polar surface area (TPSA) is 51.0 Å². The molecule has 0 spiro atoms. The molecule has 1 aromatic carbocycles. The quantitative estimate of drug-likeness (QED) is 0.925. The number of nitrogens with zero attached hydrogens (tertiary/aromatic N) is 2. The second-order valence-corrected chi connectivity index (χ2v) is 5.02. The van der Waals surface area contributed by atoms with E-state index in [1.54, 1.807) is 0 Å². The lowest BCUT2D eigenvalue weighted by Gasteiger charge is -2.02. The summed E-state index contributed by atoms with van der Waals surface area (Å²) in [6.07, 6.45) is 2.24. The van der Waals surface area contributed by atoms with Crippen molar-refractivity contribution in [1.82, 2.24) is 15.5 Å². The van der Waals surface area contributed by atoms with Crippen molar-refractivity contribution >= 4 is 15.9 Å². The molecule has 3 rings (SSSR count). The fraction of sp³-hybridized carbons (Fsp3) is 0.333. The Kier molecular flexibility index (Phi) is 2.94. The highest BCUT2D eigenvalue weighted by Crippen LogP contribution is 2.26. The molecule has 1 unspecified atom stereocenters. The fourth-order valence-electron chi connectivity index (χ4n) is 2.01. The molecule has 1 aromatic heterocycles. The minimum atomic E-state index is 0.225. The van der Waals surface area contributed by atoms with Crippen molar-refractivity contribution in [2.24, 2.45) is 0 Å². The molecule has 0 amide bonds. The lowest BCUT2D eigenvalue weighted by Crippen LogP contribution is -2.12. The van der Waals surface area contributed by atoms with Crippen molar-refractivity contribution in [3.8, 4) is 11.5 Å². The molecule has 1 aliphatic rings. The predicted octanol–water partition coefficient (Wildman–Crippen LogP) is 2.92. The summed E-state index contributed by atoms with van der Waals surface area (Å²) < 4.78 is 6.71. The predicted molar refractivity (Wildman–Crippen MR) is 67.4 cm³/mol. The second kappa shape index (κ2) is 4.58. The number of aromatic nitrogens is 2. The average Bonchev–Trinajstić information content (AvgIpc) is 3.00. The Labute approximate surface area is 108 Å². The van der Waals surface area contributed by atoms with Crippen molar-refractivity contribution in [1.29, 1.82) is 0 Å². The normalized spacial score (nSPS) is 19.7. The molecule has 1 fully saturated rings. The highest BCUT2D eigenvalue weighted by molar-refractivity contribution is 9.10. The molecule has 88 valence electrons. The first-order valence-corrected chi connectivity index (χ1v) is 6.45. The Morgan fingerprint density at radius 2 is 2.29 bits per heavy atom. The summed E-state index contributed by atoms with van der Waals surface area (Å²) in [5.41, 5.74) is 0.941. The van der Waals surface area contributed by atoms with Crippen molar-refractivity contribution < 1.29 is 4.42 Å². The molecule has 0 saturated carbocycles. The minimum Gasteiger partial charge on any atom is -0.419 e. The zero-order valence-electron chi connectivity index (χ0n) is 9.19. The van der Waals surface area contributed by atoms with E-state index in [2.05, 4.69) is 31.4 Å². The second-order valence-electron chi connectivity index (χ2n) is 4.10. The molecule has 1 atom stereocenters. The Morgan fingerprint density at radius 3 is 3.06 bits per heavy atom. The number of hydrogen-bond donors (Lipinski definition) is 1. The van der Waals surface area contributed by atoms with Crippen LogP contribution in [0.1, 0.15) is 24.8 Å². The highest BCUT2D eigenvalue weighted by Gasteiger charge is 2.22. The van der Waals surface area contributed by atoms with E-state index < -0.39 is 0 Å². The highest BCUT2D eigenvalue weighted by atomic mass is 79.9. The summed E-state index contributed by atoms with van der Waals surface area (Å²) in [5.74, 6) is 1.27. The molecule has 4 nitrogen and oxygen atoms in total. The third kappa shape index (κ3) is 2.25. The van der Waals surface area contributed by atoms with Crippen LogP contribution >= 0.6 is 15.9 Å². The van der Waals surface area contributed by atoms with Gasteiger partial charge in [-0.05, 0) is 37.6 Å². The van der Waals surface area contributed by atoms with Gasteiger partial charge in [0, 0.05) is 10.0 Å². The standard InChI is InChI=1S/C12H12BrN3O/c13-9-4-1-3-8(7-9)11-15-16-12(17-11)10-5-2-6-14-10/h1,3-4,7,10,14H,2,5-6H2. The van der Waals surface area contributed by atoms with Crippen LogP contribution in [0.25, 0.3) is 11.5 Å². The summed E-state index contributed by atoms with van der Waals surface area (Å²) in [4.78, 5) is 0. The van der Waals surface area contributed by atoms with Gasteiger partial charge in [-0.3, -0.25) is 0 Å². The third-order valence-corrected chi connectivity index (χ3v) is 3.36. The number of halogens is 1. The van der Waals surface area contributed by atoms with Gasteiger partial charge in [0.1, 0.15) is 0 Å². The molecule has 0 aliphatic carbocycles. The van der Waals surface area contributed by atoms with Gasteiger partial charge in [0.2, 0.25) is 11.8 Å². The van der Waals surface area contributed by atoms with E-state index in [1.807, 2.05) is 24.3 Å². The lowest BCUT2D eigenvalue weighted by atomic mass is 10.2. The van der Waals surface area contributed by atoms with Crippen molar-refractivity contribution in [2.75, 3.05) is 6.54 Å². The first-order valence-electron chi connectivity index (χ1n) is 5.65. The SMILES string of the molecule is Brc1cccc(-c2nnc(C3CCCN3)o2)c1. The maximum atomic E-state index is 5.70. The van der Waals surface area contributed by atoms with Crippen LogP contribution in [-0.2, 0) is 0 Å². The Morgan fingerprint density at radius 1 is 1.35 bits per heavy atom. The van der Waals surface area contributed by atoms with Gasteiger partial charge in [-0.25, -0.2) is 0 Å². The van der Waals surface area contributed by atoms with E-state index in [-0.39, 0.29) is 6.04 Å². The Balaban J connectivity index is 1.89. The first-order chi connectivity index (χ1) is 8.33. The van der Waals surface area contributed by atoms with Crippen LogP contribution in [0.3, 0.4) is 0 Å². The van der Waals surface area contributed by atoms with Crippen LogP contribution in [0.5, 0.6) is 0 Å². The van der Waals surface area contributed by atoms with Crippen LogP contribution in [0.4, 0.5) is 0 Å². The number of nitrogens with one attached hydrogen (secondary N) is 1. The molecule has 17 heavy (non-hydrogen) atoms. The summed E-state index contributed by atoms with van der Waals surface area (Å²) in [6.45, 7) is 1.03. The smallest absolute Gasteiger partial charge is 0.247 e.